The Morgan fingerprint density at radius 1 is 0.684 bits per heavy atom. The summed E-state index contributed by atoms with van der Waals surface area (Å²) in [7, 11) is -3.24. The third kappa shape index (κ3) is 3.46. The maximum Gasteiger partial charge on any atom is 0.282 e. The first-order valence-electron chi connectivity index (χ1n) is 7.27. The third-order valence-corrected chi connectivity index (χ3v) is 6.24. The second-order valence-corrected chi connectivity index (χ2v) is 7.10. The molecule has 0 spiro atoms. The summed E-state index contributed by atoms with van der Waals surface area (Å²) in [4.78, 5) is 4.59. The van der Waals surface area contributed by atoms with Gasteiger partial charge in [0.05, 0.1) is 0 Å². The van der Waals surface area contributed by atoms with Crippen LogP contribution in [0, 0.1) is 0 Å². The number of hydrogen-bond donors (Lipinski definition) is 0. The standard InChI is InChI=1S/C12H26N4O2S/c1-3-13-5-9-15(10-6-13)19(17,18)16-11-7-14(4-2)8-12-16/h3-12H2,1-2H3. The smallest absolute Gasteiger partial charge is 0.282 e. The molecular weight excluding hydrogens is 264 g/mol. The van der Waals surface area contributed by atoms with E-state index in [-0.39, 0.29) is 0 Å². The molecule has 2 heterocycles. The van der Waals surface area contributed by atoms with E-state index in [0.717, 1.165) is 39.3 Å². The Bertz CT molecular complexity index is 341. The zero-order chi connectivity index (χ0) is 13.9. The van der Waals surface area contributed by atoms with E-state index < -0.39 is 10.2 Å². The molecule has 2 aliphatic heterocycles. The van der Waals surface area contributed by atoms with Crippen LogP contribution < -0.4 is 0 Å². The van der Waals surface area contributed by atoms with E-state index in [2.05, 4.69) is 23.6 Å². The minimum absolute atomic E-state index is 0.629. The lowest BCUT2D eigenvalue weighted by Gasteiger charge is -2.39. The van der Waals surface area contributed by atoms with Crippen LogP contribution in [0.3, 0.4) is 0 Å². The van der Waals surface area contributed by atoms with E-state index in [1.54, 1.807) is 8.61 Å². The van der Waals surface area contributed by atoms with E-state index in [1.165, 1.54) is 0 Å². The predicted octanol–water partition coefficient (Wildman–Crippen LogP) is -0.494. The van der Waals surface area contributed by atoms with Gasteiger partial charge in [-0.2, -0.15) is 17.0 Å². The summed E-state index contributed by atoms with van der Waals surface area (Å²) in [6.07, 6.45) is 0. The van der Waals surface area contributed by atoms with Crippen LogP contribution in [0.2, 0.25) is 0 Å². The zero-order valence-corrected chi connectivity index (χ0v) is 12.9. The molecule has 0 saturated carbocycles. The lowest BCUT2D eigenvalue weighted by atomic mass is 10.4. The van der Waals surface area contributed by atoms with Gasteiger partial charge in [-0.15, -0.1) is 0 Å². The SMILES string of the molecule is CCN1CCN(S(=O)(=O)N2CCN(CC)CC2)CC1. The van der Waals surface area contributed by atoms with Gasteiger partial charge in [-0.25, -0.2) is 0 Å². The normalized spacial score (nSPS) is 25.8. The second kappa shape index (κ2) is 6.49. The molecule has 7 heteroatoms. The van der Waals surface area contributed by atoms with Gasteiger partial charge >= 0.3 is 0 Å². The fraction of sp³-hybridized carbons (Fsp3) is 1.00. The van der Waals surface area contributed by atoms with E-state index >= 15 is 0 Å². The first kappa shape index (κ1) is 15.2. The van der Waals surface area contributed by atoms with Gasteiger partial charge in [0.1, 0.15) is 0 Å². The van der Waals surface area contributed by atoms with Gasteiger partial charge < -0.3 is 9.80 Å². The minimum Gasteiger partial charge on any atom is -0.301 e. The molecule has 112 valence electrons. The van der Waals surface area contributed by atoms with E-state index in [1.807, 2.05) is 0 Å². The monoisotopic (exact) mass is 290 g/mol. The molecule has 2 fully saturated rings. The molecule has 6 nitrogen and oxygen atoms in total. The molecule has 0 aromatic rings. The lowest BCUT2D eigenvalue weighted by Crippen LogP contribution is -2.56. The summed E-state index contributed by atoms with van der Waals surface area (Å²) in [6, 6.07) is 0. The Hall–Kier alpha value is -0.210. The minimum atomic E-state index is -3.24. The second-order valence-electron chi connectivity index (χ2n) is 5.17. The van der Waals surface area contributed by atoms with Crippen molar-refractivity contribution in [3.05, 3.63) is 0 Å². The van der Waals surface area contributed by atoms with Crippen molar-refractivity contribution in [1.29, 1.82) is 0 Å². The fourth-order valence-corrected chi connectivity index (χ4v) is 4.29. The highest BCUT2D eigenvalue weighted by Crippen LogP contribution is 2.14. The van der Waals surface area contributed by atoms with Crippen LogP contribution in [0.5, 0.6) is 0 Å². The van der Waals surface area contributed by atoms with Crippen molar-refractivity contribution < 1.29 is 8.42 Å². The predicted molar refractivity (Wildman–Crippen MR) is 76.3 cm³/mol. The van der Waals surface area contributed by atoms with Crippen LogP contribution in [0.1, 0.15) is 13.8 Å². The summed E-state index contributed by atoms with van der Waals surface area (Å²) in [5.74, 6) is 0. The number of piperazine rings is 2. The van der Waals surface area contributed by atoms with Gasteiger partial charge in [-0.05, 0) is 13.1 Å². The highest BCUT2D eigenvalue weighted by atomic mass is 32.2. The average Bonchev–Trinajstić information content (AvgIpc) is 2.47. The molecule has 0 bridgehead atoms. The average molecular weight is 290 g/mol. The highest BCUT2D eigenvalue weighted by molar-refractivity contribution is 7.86. The van der Waals surface area contributed by atoms with Crippen molar-refractivity contribution in [2.75, 3.05) is 65.4 Å². The van der Waals surface area contributed by atoms with E-state index in [9.17, 15) is 8.42 Å². The number of likely N-dealkylation sites (N-methyl/N-ethyl adjacent to an activating group) is 2. The third-order valence-electron chi connectivity index (χ3n) is 4.21. The largest absolute Gasteiger partial charge is 0.301 e. The summed E-state index contributed by atoms with van der Waals surface area (Å²) in [6.45, 7) is 12.2. The van der Waals surface area contributed by atoms with E-state index in [0.29, 0.717) is 26.2 Å². The maximum absolute atomic E-state index is 12.5. The molecule has 0 amide bonds. The Morgan fingerprint density at radius 2 is 1.00 bits per heavy atom. The van der Waals surface area contributed by atoms with Crippen LogP contribution in [0.15, 0.2) is 0 Å². The van der Waals surface area contributed by atoms with Crippen molar-refractivity contribution in [1.82, 2.24) is 18.4 Å². The number of hydrogen-bond acceptors (Lipinski definition) is 4. The highest BCUT2D eigenvalue weighted by Gasteiger charge is 2.33. The van der Waals surface area contributed by atoms with Gasteiger partial charge in [0.15, 0.2) is 0 Å². The Labute approximate surface area is 117 Å². The molecule has 2 rings (SSSR count). The molecule has 0 aromatic carbocycles. The van der Waals surface area contributed by atoms with Crippen molar-refractivity contribution in [2.45, 2.75) is 13.8 Å². The van der Waals surface area contributed by atoms with E-state index in [4.69, 9.17) is 0 Å². The van der Waals surface area contributed by atoms with Crippen LogP contribution in [0.25, 0.3) is 0 Å². The zero-order valence-electron chi connectivity index (χ0n) is 12.1. The van der Waals surface area contributed by atoms with Crippen LogP contribution >= 0.6 is 0 Å². The van der Waals surface area contributed by atoms with Crippen LogP contribution in [0.4, 0.5) is 0 Å². The summed E-state index contributed by atoms with van der Waals surface area (Å²) >= 11 is 0. The van der Waals surface area contributed by atoms with Crippen molar-refractivity contribution >= 4 is 10.2 Å². The van der Waals surface area contributed by atoms with Gasteiger partial charge in [0.25, 0.3) is 10.2 Å². The summed E-state index contributed by atoms with van der Waals surface area (Å²) in [5.41, 5.74) is 0. The Morgan fingerprint density at radius 3 is 1.26 bits per heavy atom. The Kier molecular flexibility index (Phi) is 5.19. The summed E-state index contributed by atoms with van der Waals surface area (Å²) < 4.78 is 28.4. The van der Waals surface area contributed by atoms with Crippen LogP contribution in [-0.2, 0) is 10.2 Å². The molecule has 0 radical (unpaired) electrons. The molecule has 0 unspecified atom stereocenters. The molecule has 0 atom stereocenters. The molecule has 0 aromatic heterocycles. The number of rotatable bonds is 4. The van der Waals surface area contributed by atoms with Crippen LogP contribution in [-0.4, -0.2) is 92.3 Å². The fourth-order valence-electron chi connectivity index (χ4n) is 2.72. The molecule has 19 heavy (non-hydrogen) atoms. The van der Waals surface area contributed by atoms with Crippen molar-refractivity contribution in [2.24, 2.45) is 0 Å². The van der Waals surface area contributed by atoms with Crippen molar-refractivity contribution in [3.8, 4) is 0 Å². The quantitative estimate of drug-likeness (QED) is 0.701. The first-order valence-corrected chi connectivity index (χ1v) is 8.67. The molecule has 0 aliphatic carbocycles. The summed E-state index contributed by atoms with van der Waals surface area (Å²) in [5, 5.41) is 0. The van der Waals surface area contributed by atoms with Gasteiger partial charge in [-0.3, -0.25) is 0 Å². The number of nitrogens with zero attached hydrogens (tertiary/aromatic N) is 4. The van der Waals surface area contributed by atoms with Gasteiger partial charge in [-0.1, -0.05) is 13.8 Å². The molecule has 0 N–H and O–H groups in total. The molecular formula is C12H26N4O2S. The topological polar surface area (TPSA) is 47.1 Å². The lowest BCUT2D eigenvalue weighted by molar-refractivity contribution is 0.166. The molecule has 2 aliphatic rings. The van der Waals surface area contributed by atoms with Gasteiger partial charge in [0, 0.05) is 52.4 Å². The maximum atomic E-state index is 12.5. The molecule has 2 saturated heterocycles. The first-order chi connectivity index (χ1) is 9.07. The van der Waals surface area contributed by atoms with Crippen molar-refractivity contribution in [3.63, 3.8) is 0 Å². The van der Waals surface area contributed by atoms with Gasteiger partial charge in [0.2, 0.25) is 0 Å². The Balaban J connectivity index is 1.92.